The molecular weight excluding hydrogens is 232 g/mol. The van der Waals surface area contributed by atoms with Crippen molar-refractivity contribution in [2.24, 2.45) is 0 Å². The van der Waals surface area contributed by atoms with E-state index >= 15 is 0 Å². The Bertz CT molecular complexity index is 321. The summed E-state index contributed by atoms with van der Waals surface area (Å²) in [6, 6.07) is 5.55. The van der Waals surface area contributed by atoms with Gasteiger partial charge in [0.15, 0.2) is 0 Å². The Labute approximate surface area is 86.0 Å². The monoisotopic (exact) mass is 242 g/mol. The zero-order valence-electron chi connectivity index (χ0n) is 7.63. The molecule has 70 valence electrons. The Morgan fingerprint density at radius 3 is 2.77 bits per heavy atom. The van der Waals surface area contributed by atoms with Gasteiger partial charge >= 0.3 is 5.97 Å². The first-order valence-electron chi connectivity index (χ1n) is 4.10. The lowest BCUT2D eigenvalue weighted by molar-refractivity contribution is -0.134. The van der Waals surface area contributed by atoms with Gasteiger partial charge in [-0.15, -0.1) is 0 Å². The highest BCUT2D eigenvalue weighted by atomic mass is 79.9. The minimum atomic E-state index is -0.203. The number of carbonyl (C=O) groups is 1. The Morgan fingerprint density at radius 1 is 1.54 bits per heavy atom. The number of hydrogen-bond donors (Lipinski definition) is 0. The van der Waals surface area contributed by atoms with Crippen LogP contribution in [0.25, 0.3) is 0 Å². The average Bonchev–Trinajstić information content (AvgIpc) is 2.09. The van der Waals surface area contributed by atoms with Gasteiger partial charge in [0.05, 0.1) is 0 Å². The maximum atomic E-state index is 11.0. The van der Waals surface area contributed by atoms with Gasteiger partial charge in [0.2, 0.25) is 0 Å². The van der Waals surface area contributed by atoms with Crippen molar-refractivity contribution in [2.75, 3.05) is 0 Å². The van der Waals surface area contributed by atoms with Crippen molar-refractivity contribution in [1.29, 1.82) is 0 Å². The first kappa shape index (κ1) is 10.3. The van der Waals surface area contributed by atoms with Crippen LogP contribution in [-0.4, -0.2) is 5.97 Å². The second kappa shape index (κ2) is 4.42. The Balaban J connectivity index is 2.83. The van der Waals surface area contributed by atoms with Gasteiger partial charge in [-0.1, -0.05) is 22.9 Å². The predicted octanol–water partition coefficient (Wildman–Crippen LogP) is 3.07. The van der Waals surface area contributed by atoms with E-state index in [-0.39, 0.29) is 5.97 Å². The number of ether oxygens (including phenoxy) is 1. The van der Waals surface area contributed by atoms with Crippen LogP contribution < -0.4 is 4.74 Å². The standard InChI is InChI=1S/C10H11BrO2/c1-3-10(12)13-9-5-4-8(11)6-7(9)2/h4-6H,3H2,1-2H3. The Hall–Kier alpha value is -0.830. The van der Waals surface area contributed by atoms with Gasteiger partial charge in [0.25, 0.3) is 0 Å². The summed E-state index contributed by atoms with van der Waals surface area (Å²) in [6.07, 6.45) is 0.398. The maximum absolute atomic E-state index is 11.0. The lowest BCUT2D eigenvalue weighted by Gasteiger charge is -2.05. The Kier molecular flexibility index (Phi) is 3.48. The third-order valence-electron chi connectivity index (χ3n) is 1.65. The minimum absolute atomic E-state index is 0.203. The summed E-state index contributed by atoms with van der Waals surface area (Å²) in [7, 11) is 0. The van der Waals surface area contributed by atoms with Gasteiger partial charge in [0.1, 0.15) is 5.75 Å². The molecule has 1 aromatic carbocycles. The molecule has 0 aromatic heterocycles. The molecule has 0 aliphatic heterocycles. The van der Waals surface area contributed by atoms with Crippen molar-refractivity contribution in [3.05, 3.63) is 28.2 Å². The van der Waals surface area contributed by atoms with Crippen LogP contribution in [0.2, 0.25) is 0 Å². The van der Waals surface area contributed by atoms with E-state index < -0.39 is 0 Å². The molecule has 0 bridgehead atoms. The van der Waals surface area contributed by atoms with E-state index in [1.54, 1.807) is 13.0 Å². The fourth-order valence-electron chi connectivity index (χ4n) is 0.922. The van der Waals surface area contributed by atoms with Gasteiger partial charge in [-0.2, -0.15) is 0 Å². The fraction of sp³-hybridized carbons (Fsp3) is 0.300. The molecular formula is C10H11BrO2. The highest BCUT2D eigenvalue weighted by molar-refractivity contribution is 9.10. The third-order valence-corrected chi connectivity index (χ3v) is 2.14. The molecule has 0 radical (unpaired) electrons. The molecule has 2 nitrogen and oxygen atoms in total. The van der Waals surface area contributed by atoms with E-state index in [2.05, 4.69) is 15.9 Å². The zero-order valence-corrected chi connectivity index (χ0v) is 9.22. The van der Waals surface area contributed by atoms with Gasteiger partial charge in [-0.3, -0.25) is 4.79 Å². The van der Waals surface area contributed by atoms with Crippen LogP contribution in [0.1, 0.15) is 18.9 Å². The number of halogens is 1. The van der Waals surface area contributed by atoms with Crippen LogP contribution in [-0.2, 0) is 4.79 Å². The number of rotatable bonds is 2. The number of aryl methyl sites for hydroxylation is 1. The largest absolute Gasteiger partial charge is 0.426 e. The van der Waals surface area contributed by atoms with E-state index in [1.807, 2.05) is 19.1 Å². The molecule has 1 aromatic rings. The van der Waals surface area contributed by atoms with E-state index in [9.17, 15) is 4.79 Å². The molecule has 0 atom stereocenters. The molecule has 0 saturated carbocycles. The van der Waals surface area contributed by atoms with Gasteiger partial charge in [-0.05, 0) is 30.7 Å². The number of hydrogen-bond acceptors (Lipinski definition) is 2. The van der Waals surface area contributed by atoms with E-state index in [4.69, 9.17) is 4.74 Å². The minimum Gasteiger partial charge on any atom is -0.426 e. The highest BCUT2D eigenvalue weighted by Gasteiger charge is 2.04. The SMILES string of the molecule is CCC(=O)Oc1ccc(Br)cc1C. The number of esters is 1. The summed E-state index contributed by atoms with van der Waals surface area (Å²) in [5.41, 5.74) is 0.955. The highest BCUT2D eigenvalue weighted by Crippen LogP contribution is 2.22. The summed E-state index contributed by atoms with van der Waals surface area (Å²) in [5.74, 6) is 0.431. The van der Waals surface area contributed by atoms with E-state index in [0.29, 0.717) is 12.2 Å². The second-order valence-corrected chi connectivity index (χ2v) is 3.65. The summed E-state index contributed by atoms with van der Waals surface area (Å²) >= 11 is 3.34. The molecule has 0 aliphatic carbocycles. The molecule has 0 amide bonds. The summed E-state index contributed by atoms with van der Waals surface area (Å²) < 4.78 is 6.08. The normalized spacial score (nSPS) is 9.77. The number of carbonyl (C=O) groups excluding carboxylic acids is 1. The number of benzene rings is 1. The quantitative estimate of drug-likeness (QED) is 0.589. The zero-order chi connectivity index (χ0) is 9.84. The lowest BCUT2D eigenvalue weighted by Crippen LogP contribution is -2.06. The van der Waals surface area contributed by atoms with E-state index in [1.165, 1.54) is 0 Å². The van der Waals surface area contributed by atoms with Crippen molar-refractivity contribution < 1.29 is 9.53 Å². The van der Waals surface area contributed by atoms with Gasteiger partial charge < -0.3 is 4.74 Å². The molecule has 0 saturated heterocycles. The molecule has 1 rings (SSSR count). The predicted molar refractivity (Wildman–Crippen MR) is 54.8 cm³/mol. The summed E-state index contributed by atoms with van der Waals surface area (Å²) in [5, 5.41) is 0. The summed E-state index contributed by atoms with van der Waals surface area (Å²) in [6.45, 7) is 3.68. The maximum Gasteiger partial charge on any atom is 0.310 e. The molecule has 13 heavy (non-hydrogen) atoms. The molecule has 0 fully saturated rings. The van der Waals surface area contributed by atoms with Crippen LogP contribution in [0.4, 0.5) is 0 Å². The summed E-state index contributed by atoms with van der Waals surface area (Å²) in [4.78, 5) is 11.0. The second-order valence-electron chi connectivity index (χ2n) is 2.74. The Morgan fingerprint density at radius 2 is 2.23 bits per heavy atom. The first-order chi connectivity index (χ1) is 6.13. The van der Waals surface area contributed by atoms with Crippen molar-refractivity contribution in [2.45, 2.75) is 20.3 Å². The topological polar surface area (TPSA) is 26.3 Å². The van der Waals surface area contributed by atoms with Gasteiger partial charge in [0, 0.05) is 10.9 Å². The van der Waals surface area contributed by atoms with Crippen LogP contribution in [0.5, 0.6) is 5.75 Å². The lowest BCUT2D eigenvalue weighted by atomic mass is 10.2. The molecule has 0 unspecified atom stereocenters. The molecule has 0 spiro atoms. The average molecular weight is 243 g/mol. The van der Waals surface area contributed by atoms with E-state index in [0.717, 1.165) is 10.0 Å². The third kappa shape index (κ3) is 2.84. The van der Waals surface area contributed by atoms with Crippen LogP contribution in [0.15, 0.2) is 22.7 Å². The first-order valence-corrected chi connectivity index (χ1v) is 4.89. The smallest absolute Gasteiger partial charge is 0.310 e. The van der Waals surface area contributed by atoms with Crippen LogP contribution in [0.3, 0.4) is 0 Å². The van der Waals surface area contributed by atoms with Crippen molar-refractivity contribution >= 4 is 21.9 Å². The molecule has 0 heterocycles. The molecule has 0 aliphatic rings. The molecule has 0 N–H and O–H groups in total. The van der Waals surface area contributed by atoms with Gasteiger partial charge in [-0.25, -0.2) is 0 Å². The molecule has 3 heteroatoms. The van der Waals surface area contributed by atoms with Crippen molar-refractivity contribution in [1.82, 2.24) is 0 Å². The van der Waals surface area contributed by atoms with Crippen LogP contribution >= 0.6 is 15.9 Å². The fourth-order valence-corrected chi connectivity index (χ4v) is 1.40. The van der Waals surface area contributed by atoms with Crippen LogP contribution in [0, 0.1) is 6.92 Å². The van der Waals surface area contributed by atoms with Crippen molar-refractivity contribution in [3.8, 4) is 5.75 Å². The van der Waals surface area contributed by atoms with Crippen molar-refractivity contribution in [3.63, 3.8) is 0 Å².